The number of hydrogen-bond acceptors (Lipinski definition) is 4. The van der Waals surface area contributed by atoms with Crippen LogP contribution < -0.4 is 5.32 Å². The summed E-state index contributed by atoms with van der Waals surface area (Å²) in [5, 5.41) is 10.4. The molecule has 3 atom stereocenters. The lowest BCUT2D eigenvalue weighted by molar-refractivity contribution is -0.137. The van der Waals surface area contributed by atoms with Crippen LogP contribution in [-0.2, 0) is 22.6 Å². The first-order chi connectivity index (χ1) is 14.5. The summed E-state index contributed by atoms with van der Waals surface area (Å²) >= 11 is 0. The van der Waals surface area contributed by atoms with Crippen LogP contribution in [0.5, 0.6) is 0 Å². The lowest BCUT2D eigenvalue weighted by atomic mass is 9.71. The zero-order chi connectivity index (χ0) is 21.3. The van der Waals surface area contributed by atoms with Crippen molar-refractivity contribution >= 4 is 11.8 Å². The molecule has 2 aliphatic heterocycles. The van der Waals surface area contributed by atoms with Crippen LogP contribution in [0.1, 0.15) is 61.7 Å². The van der Waals surface area contributed by atoms with Crippen LogP contribution in [0.15, 0.2) is 24.4 Å². The molecule has 2 fully saturated rings. The molecule has 7 nitrogen and oxygen atoms in total. The molecule has 0 saturated carbocycles. The quantitative estimate of drug-likeness (QED) is 0.736. The minimum Gasteiger partial charge on any atom is -0.350 e. The lowest BCUT2D eigenvalue weighted by Gasteiger charge is -2.35. The van der Waals surface area contributed by atoms with E-state index in [4.69, 9.17) is 0 Å². The van der Waals surface area contributed by atoms with Crippen molar-refractivity contribution in [2.45, 2.75) is 77.9 Å². The maximum Gasteiger partial charge on any atom is 0.228 e. The molecule has 160 valence electrons. The van der Waals surface area contributed by atoms with Crippen molar-refractivity contribution in [3.8, 4) is 0 Å². The normalized spacial score (nSPS) is 25.0. The van der Waals surface area contributed by atoms with Gasteiger partial charge in [-0.25, -0.2) is 0 Å². The molecule has 0 unspecified atom stereocenters. The van der Waals surface area contributed by atoms with Gasteiger partial charge in [-0.05, 0) is 57.2 Å². The fraction of sp³-hybridized carbons (Fsp3) is 0.565. The van der Waals surface area contributed by atoms with Crippen molar-refractivity contribution in [3.05, 3.63) is 47.0 Å². The van der Waals surface area contributed by atoms with Gasteiger partial charge in [0.15, 0.2) is 0 Å². The first-order valence-electron chi connectivity index (χ1n) is 11.0. The standard InChI is InChI=1S/C23H31N5O2/c1-4-23(22(30)25-14-17-7-5-6-12-24-17)13-18-8-10-20(23)28(18)21(29)11-9-19-15(2)16(3)26-27-19/h5-7,12,18,20H,4,8-11,13-14H2,1-3H3,(H,25,30)(H,26,27)/t18-,20+,23+/m1/s1. The van der Waals surface area contributed by atoms with Gasteiger partial charge in [-0.2, -0.15) is 5.10 Å². The van der Waals surface area contributed by atoms with Crippen LogP contribution in [-0.4, -0.2) is 44.0 Å². The second kappa shape index (κ2) is 8.20. The molecular formula is C23H31N5O2. The van der Waals surface area contributed by atoms with E-state index >= 15 is 0 Å². The molecule has 4 heterocycles. The van der Waals surface area contributed by atoms with Crippen molar-refractivity contribution in [3.63, 3.8) is 0 Å². The van der Waals surface area contributed by atoms with Crippen LogP contribution in [0, 0.1) is 19.3 Å². The Hall–Kier alpha value is -2.70. The highest BCUT2D eigenvalue weighted by Gasteiger charge is 2.59. The van der Waals surface area contributed by atoms with Gasteiger partial charge < -0.3 is 10.2 Å². The number of carbonyl (C=O) groups is 2. The van der Waals surface area contributed by atoms with Gasteiger partial charge in [0.05, 0.1) is 23.3 Å². The van der Waals surface area contributed by atoms with Crippen LogP contribution in [0.25, 0.3) is 0 Å². The third-order valence-electron chi connectivity index (χ3n) is 7.20. The van der Waals surface area contributed by atoms with Crippen LogP contribution in [0.3, 0.4) is 0 Å². The number of fused-ring (bicyclic) bond motifs is 2. The molecule has 2 aromatic heterocycles. The summed E-state index contributed by atoms with van der Waals surface area (Å²) in [5.74, 6) is 0.204. The zero-order valence-electron chi connectivity index (χ0n) is 18.1. The van der Waals surface area contributed by atoms with E-state index in [1.54, 1.807) is 6.20 Å². The predicted octanol–water partition coefficient (Wildman–Crippen LogP) is 2.83. The maximum atomic E-state index is 13.3. The van der Waals surface area contributed by atoms with Gasteiger partial charge in [-0.15, -0.1) is 0 Å². The molecule has 4 rings (SSSR count). The number of aryl methyl sites for hydroxylation is 2. The lowest BCUT2D eigenvalue weighted by Crippen LogP contribution is -2.49. The monoisotopic (exact) mass is 409 g/mol. The molecule has 2 amide bonds. The molecular weight excluding hydrogens is 378 g/mol. The first-order valence-corrected chi connectivity index (χ1v) is 11.0. The fourth-order valence-corrected chi connectivity index (χ4v) is 5.33. The number of pyridine rings is 1. The van der Waals surface area contributed by atoms with Crippen molar-refractivity contribution in [1.82, 2.24) is 25.4 Å². The predicted molar refractivity (Wildman–Crippen MR) is 113 cm³/mol. The summed E-state index contributed by atoms with van der Waals surface area (Å²) in [6, 6.07) is 5.86. The average molecular weight is 410 g/mol. The third kappa shape index (κ3) is 3.50. The average Bonchev–Trinajstić information content (AvgIpc) is 3.43. The van der Waals surface area contributed by atoms with E-state index in [9.17, 15) is 9.59 Å². The Balaban J connectivity index is 1.43. The number of amides is 2. The molecule has 30 heavy (non-hydrogen) atoms. The van der Waals surface area contributed by atoms with Gasteiger partial charge in [-0.3, -0.25) is 19.7 Å². The van der Waals surface area contributed by atoms with E-state index in [0.29, 0.717) is 19.4 Å². The zero-order valence-corrected chi connectivity index (χ0v) is 18.1. The Kier molecular flexibility index (Phi) is 5.62. The number of carbonyl (C=O) groups excluding carboxylic acids is 2. The SMILES string of the molecule is CC[C@]1(C(=O)NCc2ccccn2)C[C@H]2CC[C@@H]1N2C(=O)CCc1n[nH]c(C)c1C. The van der Waals surface area contributed by atoms with E-state index in [-0.39, 0.29) is 23.9 Å². The maximum absolute atomic E-state index is 13.3. The fourth-order valence-electron chi connectivity index (χ4n) is 5.33. The Labute approximate surface area is 177 Å². The van der Waals surface area contributed by atoms with Gasteiger partial charge in [0.1, 0.15) is 0 Å². The smallest absolute Gasteiger partial charge is 0.228 e. The number of H-pyrrole nitrogens is 1. The molecule has 2 bridgehead atoms. The molecule has 0 aliphatic carbocycles. The second-order valence-electron chi connectivity index (χ2n) is 8.69. The number of nitrogens with one attached hydrogen (secondary N) is 2. The summed E-state index contributed by atoms with van der Waals surface area (Å²) < 4.78 is 0. The Morgan fingerprint density at radius 3 is 2.80 bits per heavy atom. The Bertz CT molecular complexity index is 925. The van der Waals surface area contributed by atoms with E-state index < -0.39 is 5.41 Å². The number of aromatic amines is 1. The minimum atomic E-state index is -0.494. The molecule has 2 aromatic rings. The summed E-state index contributed by atoms with van der Waals surface area (Å²) in [7, 11) is 0. The van der Waals surface area contributed by atoms with Gasteiger partial charge in [0.25, 0.3) is 0 Å². The second-order valence-corrected chi connectivity index (χ2v) is 8.69. The highest BCUT2D eigenvalue weighted by atomic mass is 16.2. The molecule has 0 spiro atoms. The molecule has 2 saturated heterocycles. The van der Waals surface area contributed by atoms with Crippen LogP contribution in [0.4, 0.5) is 0 Å². The highest BCUT2D eigenvalue weighted by molar-refractivity contribution is 5.87. The van der Waals surface area contributed by atoms with Crippen molar-refractivity contribution < 1.29 is 9.59 Å². The van der Waals surface area contributed by atoms with E-state index in [0.717, 1.165) is 48.3 Å². The van der Waals surface area contributed by atoms with Gasteiger partial charge in [0, 0.05) is 36.8 Å². The number of rotatable bonds is 7. The molecule has 0 aromatic carbocycles. The summed E-state index contributed by atoms with van der Waals surface area (Å²) in [6.07, 6.45) is 6.20. The summed E-state index contributed by atoms with van der Waals surface area (Å²) in [6.45, 7) is 6.52. The molecule has 2 aliphatic rings. The number of nitrogens with zero attached hydrogens (tertiary/aromatic N) is 3. The first kappa shape index (κ1) is 20.6. The number of hydrogen-bond donors (Lipinski definition) is 2. The highest BCUT2D eigenvalue weighted by Crippen LogP contribution is 2.52. The van der Waals surface area contributed by atoms with E-state index in [2.05, 4.69) is 27.4 Å². The van der Waals surface area contributed by atoms with Gasteiger partial charge >= 0.3 is 0 Å². The summed E-state index contributed by atoms with van der Waals surface area (Å²) in [5.41, 5.74) is 3.49. The molecule has 0 radical (unpaired) electrons. The summed E-state index contributed by atoms with van der Waals surface area (Å²) in [4.78, 5) is 32.7. The van der Waals surface area contributed by atoms with Crippen molar-refractivity contribution in [1.29, 1.82) is 0 Å². The minimum absolute atomic E-state index is 0.00857. The Morgan fingerprint density at radius 1 is 1.30 bits per heavy atom. The number of aromatic nitrogens is 3. The van der Waals surface area contributed by atoms with Crippen LogP contribution >= 0.6 is 0 Å². The largest absolute Gasteiger partial charge is 0.350 e. The van der Waals surface area contributed by atoms with Gasteiger partial charge in [0.2, 0.25) is 11.8 Å². The third-order valence-corrected chi connectivity index (χ3v) is 7.20. The Morgan fingerprint density at radius 2 is 2.13 bits per heavy atom. The van der Waals surface area contributed by atoms with Crippen LogP contribution in [0.2, 0.25) is 0 Å². The van der Waals surface area contributed by atoms with Gasteiger partial charge in [-0.1, -0.05) is 13.0 Å². The van der Waals surface area contributed by atoms with E-state index in [1.165, 1.54) is 0 Å². The van der Waals surface area contributed by atoms with E-state index in [1.807, 2.05) is 36.9 Å². The topological polar surface area (TPSA) is 91.0 Å². The molecule has 2 N–H and O–H groups in total. The van der Waals surface area contributed by atoms with Crippen molar-refractivity contribution in [2.24, 2.45) is 5.41 Å². The molecule has 7 heteroatoms. The van der Waals surface area contributed by atoms with Crippen molar-refractivity contribution in [2.75, 3.05) is 0 Å².